The first-order valence-corrected chi connectivity index (χ1v) is 7.69. The van der Waals surface area contributed by atoms with Crippen molar-refractivity contribution >= 4 is 5.91 Å². The Kier molecular flexibility index (Phi) is 4.24. The Morgan fingerprint density at radius 1 is 1.14 bits per heavy atom. The summed E-state index contributed by atoms with van der Waals surface area (Å²) in [6, 6.07) is 10.3. The molecular formula is C17H22N4O. The third-order valence-electron chi connectivity index (χ3n) is 4.25. The van der Waals surface area contributed by atoms with Gasteiger partial charge in [0.25, 0.3) is 5.91 Å². The minimum absolute atomic E-state index is 0.0381. The number of amides is 1. The summed E-state index contributed by atoms with van der Waals surface area (Å²) < 4.78 is 1.67. The van der Waals surface area contributed by atoms with Crippen molar-refractivity contribution in [3.8, 4) is 0 Å². The van der Waals surface area contributed by atoms with Crippen LogP contribution in [0.4, 0.5) is 0 Å². The van der Waals surface area contributed by atoms with Gasteiger partial charge in [0.05, 0.1) is 0 Å². The molecule has 0 bridgehead atoms. The van der Waals surface area contributed by atoms with Crippen LogP contribution in [0.2, 0.25) is 0 Å². The zero-order valence-corrected chi connectivity index (χ0v) is 13.2. The topological polar surface area (TPSA) is 41.4 Å². The number of aromatic nitrogens is 2. The van der Waals surface area contributed by atoms with Gasteiger partial charge in [-0.2, -0.15) is 5.10 Å². The molecule has 5 heteroatoms. The van der Waals surface area contributed by atoms with Gasteiger partial charge < -0.3 is 4.90 Å². The number of benzene rings is 1. The van der Waals surface area contributed by atoms with E-state index in [0.29, 0.717) is 5.69 Å². The number of aryl methyl sites for hydroxylation is 2. The molecule has 2 heterocycles. The molecule has 0 spiro atoms. The molecule has 0 unspecified atom stereocenters. The molecule has 116 valence electrons. The van der Waals surface area contributed by atoms with Crippen LogP contribution in [0.5, 0.6) is 0 Å². The highest BCUT2D eigenvalue weighted by Crippen LogP contribution is 2.13. The second-order valence-corrected chi connectivity index (χ2v) is 5.87. The maximum Gasteiger partial charge on any atom is 0.274 e. The standard InChI is InChI=1S/C17H22N4O/c1-14-5-3-4-6-15(14)13-20-9-11-21(12-10-20)17(22)16-7-8-19(2)18-16/h3-8H,9-13H2,1-2H3. The number of carbonyl (C=O) groups excluding carboxylic acids is 1. The number of hydrogen-bond donors (Lipinski definition) is 0. The Morgan fingerprint density at radius 3 is 2.50 bits per heavy atom. The molecule has 2 aromatic rings. The molecule has 1 aliphatic rings. The number of carbonyl (C=O) groups is 1. The zero-order valence-electron chi connectivity index (χ0n) is 13.2. The summed E-state index contributed by atoms with van der Waals surface area (Å²) in [7, 11) is 1.83. The highest BCUT2D eigenvalue weighted by Gasteiger charge is 2.23. The van der Waals surface area contributed by atoms with Gasteiger partial charge >= 0.3 is 0 Å². The highest BCUT2D eigenvalue weighted by atomic mass is 16.2. The number of nitrogens with zero attached hydrogens (tertiary/aromatic N) is 4. The predicted octanol–water partition coefficient (Wildman–Crippen LogP) is 1.69. The Hall–Kier alpha value is -2.14. The molecule has 3 rings (SSSR count). The summed E-state index contributed by atoms with van der Waals surface area (Å²) in [5, 5.41) is 4.20. The quantitative estimate of drug-likeness (QED) is 0.866. The third kappa shape index (κ3) is 3.20. The van der Waals surface area contributed by atoms with E-state index in [1.54, 1.807) is 10.7 Å². The van der Waals surface area contributed by atoms with Crippen LogP contribution < -0.4 is 0 Å². The van der Waals surface area contributed by atoms with Crippen molar-refractivity contribution < 1.29 is 4.79 Å². The molecule has 0 radical (unpaired) electrons. The van der Waals surface area contributed by atoms with Gasteiger partial charge in [0, 0.05) is 46.0 Å². The van der Waals surface area contributed by atoms with E-state index in [4.69, 9.17) is 0 Å². The Morgan fingerprint density at radius 2 is 1.86 bits per heavy atom. The molecule has 0 saturated carbocycles. The Balaban J connectivity index is 1.56. The van der Waals surface area contributed by atoms with E-state index in [0.717, 1.165) is 32.7 Å². The lowest BCUT2D eigenvalue weighted by molar-refractivity contribution is 0.0621. The SMILES string of the molecule is Cc1ccccc1CN1CCN(C(=O)c2ccn(C)n2)CC1. The molecule has 1 aromatic carbocycles. The minimum Gasteiger partial charge on any atom is -0.335 e. The van der Waals surface area contributed by atoms with Crippen LogP contribution in [0.25, 0.3) is 0 Å². The second-order valence-electron chi connectivity index (χ2n) is 5.87. The molecule has 1 saturated heterocycles. The summed E-state index contributed by atoms with van der Waals surface area (Å²) >= 11 is 0. The number of hydrogen-bond acceptors (Lipinski definition) is 3. The summed E-state index contributed by atoms with van der Waals surface area (Å²) in [6.45, 7) is 6.46. The largest absolute Gasteiger partial charge is 0.335 e. The lowest BCUT2D eigenvalue weighted by Crippen LogP contribution is -2.48. The van der Waals surface area contributed by atoms with Gasteiger partial charge in [0.2, 0.25) is 0 Å². The van der Waals surface area contributed by atoms with Gasteiger partial charge in [-0.3, -0.25) is 14.4 Å². The molecule has 1 aromatic heterocycles. The van der Waals surface area contributed by atoms with Crippen molar-refractivity contribution in [2.75, 3.05) is 26.2 Å². The van der Waals surface area contributed by atoms with Crippen LogP contribution in [0, 0.1) is 6.92 Å². The average Bonchev–Trinajstić information content (AvgIpc) is 2.96. The maximum atomic E-state index is 12.4. The molecule has 0 atom stereocenters. The van der Waals surface area contributed by atoms with E-state index in [1.807, 2.05) is 18.1 Å². The summed E-state index contributed by atoms with van der Waals surface area (Å²) in [4.78, 5) is 16.7. The first-order chi connectivity index (χ1) is 10.6. The molecule has 5 nitrogen and oxygen atoms in total. The lowest BCUT2D eigenvalue weighted by atomic mass is 10.1. The van der Waals surface area contributed by atoms with Gasteiger partial charge in [0.15, 0.2) is 0 Å². The van der Waals surface area contributed by atoms with Crippen molar-refractivity contribution in [3.05, 3.63) is 53.3 Å². The Labute approximate surface area is 131 Å². The fourth-order valence-corrected chi connectivity index (χ4v) is 2.83. The van der Waals surface area contributed by atoms with Crippen molar-refractivity contribution in [1.29, 1.82) is 0 Å². The number of rotatable bonds is 3. The zero-order chi connectivity index (χ0) is 15.5. The monoisotopic (exact) mass is 298 g/mol. The van der Waals surface area contributed by atoms with Gasteiger partial charge in [-0.05, 0) is 24.1 Å². The van der Waals surface area contributed by atoms with E-state index >= 15 is 0 Å². The van der Waals surface area contributed by atoms with E-state index in [2.05, 4.69) is 41.2 Å². The van der Waals surface area contributed by atoms with E-state index < -0.39 is 0 Å². The molecule has 0 aliphatic carbocycles. The smallest absolute Gasteiger partial charge is 0.274 e. The summed E-state index contributed by atoms with van der Waals surface area (Å²) in [5.74, 6) is 0.0381. The van der Waals surface area contributed by atoms with Gasteiger partial charge in [-0.1, -0.05) is 24.3 Å². The van der Waals surface area contributed by atoms with Crippen LogP contribution in [0.15, 0.2) is 36.5 Å². The predicted molar refractivity (Wildman–Crippen MR) is 85.6 cm³/mol. The highest BCUT2D eigenvalue weighted by molar-refractivity contribution is 5.92. The molecular weight excluding hydrogens is 276 g/mol. The average molecular weight is 298 g/mol. The first kappa shape index (κ1) is 14.8. The number of piperazine rings is 1. The van der Waals surface area contributed by atoms with Crippen LogP contribution in [0.1, 0.15) is 21.6 Å². The molecule has 1 aliphatic heterocycles. The van der Waals surface area contributed by atoms with Crippen LogP contribution >= 0.6 is 0 Å². The van der Waals surface area contributed by atoms with Gasteiger partial charge in [-0.15, -0.1) is 0 Å². The third-order valence-corrected chi connectivity index (χ3v) is 4.25. The molecule has 22 heavy (non-hydrogen) atoms. The molecule has 1 amide bonds. The van der Waals surface area contributed by atoms with Crippen LogP contribution in [-0.4, -0.2) is 51.7 Å². The van der Waals surface area contributed by atoms with E-state index in [1.165, 1.54) is 11.1 Å². The molecule has 1 fully saturated rings. The van der Waals surface area contributed by atoms with E-state index in [9.17, 15) is 4.79 Å². The fraction of sp³-hybridized carbons (Fsp3) is 0.412. The van der Waals surface area contributed by atoms with Crippen molar-refractivity contribution in [2.45, 2.75) is 13.5 Å². The van der Waals surface area contributed by atoms with Crippen LogP contribution in [0.3, 0.4) is 0 Å². The summed E-state index contributed by atoms with van der Waals surface area (Å²) in [6.07, 6.45) is 1.81. The second kappa shape index (κ2) is 6.32. The Bertz CT molecular complexity index is 656. The fourth-order valence-electron chi connectivity index (χ4n) is 2.83. The normalized spacial score (nSPS) is 16.0. The van der Waals surface area contributed by atoms with Crippen molar-refractivity contribution in [3.63, 3.8) is 0 Å². The minimum atomic E-state index is 0.0381. The van der Waals surface area contributed by atoms with E-state index in [-0.39, 0.29) is 5.91 Å². The maximum absolute atomic E-state index is 12.4. The summed E-state index contributed by atoms with van der Waals surface area (Å²) in [5.41, 5.74) is 3.23. The van der Waals surface area contributed by atoms with Gasteiger partial charge in [-0.25, -0.2) is 0 Å². The van der Waals surface area contributed by atoms with Crippen molar-refractivity contribution in [1.82, 2.24) is 19.6 Å². The lowest BCUT2D eigenvalue weighted by Gasteiger charge is -2.34. The van der Waals surface area contributed by atoms with Crippen molar-refractivity contribution in [2.24, 2.45) is 7.05 Å². The van der Waals surface area contributed by atoms with Gasteiger partial charge in [0.1, 0.15) is 5.69 Å². The first-order valence-electron chi connectivity index (χ1n) is 7.69. The van der Waals surface area contributed by atoms with Crippen LogP contribution in [-0.2, 0) is 13.6 Å². The molecule has 0 N–H and O–H groups in total.